The molecule has 5 bridgehead atoms. The fraction of sp³-hybridized carbons (Fsp3) is 0.619. The Morgan fingerprint density at radius 2 is 2.20 bits per heavy atom. The normalized spacial score (nSPS) is 48.1. The summed E-state index contributed by atoms with van der Waals surface area (Å²) in [6, 6.07) is 9.26. The van der Waals surface area contributed by atoms with Crippen molar-refractivity contribution in [1.82, 2.24) is 4.90 Å². The lowest BCUT2D eigenvalue weighted by Gasteiger charge is -2.67. The molecular weight excluding hydrogens is 312 g/mol. The van der Waals surface area contributed by atoms with E-state index in [4.69, 9.17) is 4.74 Å². The van der Waals surface area contributed by atoms with Crippen molar-refractivity contribution in [2.75, 3.05) is 38.3 Å². The second kappa shape index (κ2) is 4.30. The molecule has 3 saturated heterocycles. The number of aliphatic hydroxyl groups is 1. The highest BCUT2D eigenvalue weighted by molar-refractivity contribution is 5.70. The minimum Gasteiger partial charge on any atom is -0.396 e. The standard InChI is InChI=1S/C21H26N2O2/c1-3-14-11-23-9-8-20-15-6-4-5-7-17(15)22(2)21(20)18(23)10-16(14)19(20,12-24)13-25-21/h3-7,16,18,24H,8-13H2,1-2H3/t16-,18-,19-,20-,21+/m0/s1. The fourth-order valence-electron chi connectivity index (χ4n) is 7.65. The van der Waals surface area contributed by atoms with Crippen LogP contribution in [-0.4, -0.2) is 55.1 Å². The number of hydrogen-bond acceptors (Lipinski definition) is 4. The molecule has 1 aliphatic carbocycles. The molecule has 132 valence electrons. The molecule has 0 aromatic heterocycles. The second-order valence-electron chi connectivity index (χ2n) is 8.67. The Labute approximate surface area is 149 Å². The Morgan fingerprint density at radius 3 is 3.00 bits per heavy atom. The van der Waals surface area contributed by atoms with Crippen molar-refractivity contribution in [1.29, 1.82) is 0 Å². The summed E-state index contributed by atoms with van der Waals surface area (Å²) in [5.41, 5.74) is 3.62. The van der Waals surface area contributed by atoms with Gasteiger partial charge in [-0.3, -0.25) is 4.90 Å². The molecule has 1 saturated carbocycles. The SMILES string of the molecule is CC=C1CN2CC[C@@]34c5ccccc5N(C)[C@]35OC[C@@]4(CO)[C@H]1C[C@H]25. The van der Waals surface area contributed by atoms with E-state index in [0.29, 0.717) is 18.6 Å². The van der Waals surface area contributed by atoms with E-state index in [1.54, 1.807) is 0 Å². The number of fused-ring (bicyclic) bond motifs is 3. The average Bonchev–Trinajstić information content (AvgIpc) is 3.03. The first kappa shape index (κ1) is 14.8. The Hall–Kier alpha value is -1.36. The van der Waals surface area contributed by atoms with Gasteiger partial charge in [0.25, 0.3) is 0 Å². The number of benzene rings is 1. The van der Waals surface area contributed by atoms with Gasteiger partial charge in [0.05, 0.1) is 24.7 Å². The van der Waals surface area contributed by atoms with E-state index in [1.807, 2.05) is 0 Å². The summed E-state index contributed by atoms with van der Waals surface area (Å²) in [4.78, 5) is 5.08. The molecule has 0 unspecified atom stereocenters. The van der Waals surface area contributed by atoms with Crippen LogP contribution in [0, 0.1) is 11.3 Å². The Bertz CT molecular complexity index is 807. The quantitative estimate of drug-likeness (QED) is 0.796. The first-order valence-corrected chi connectivity index (χ1v) is 9.63. The van der Waals surface area contributed by atoms with E-state index in [-0.39, 0.29) is 23.2 Å². The maximum absolute atomic E-state index is 10.8. The summed E-state index contributed by atoms with van der Waals surface area (Å²) in [5, 5.41) is 10.8. The molecule has 0 amide bonds. The van der Waals surface area contributed by atoms with E-state index >= 15 is 0 Å². The third kappa shape index (κ3) is 1.20. The van der Waals surface area contributed by atoms with Crippen LogP contribution in [0.15, 0.2) is 35.9 Å². The van der Waals surface area contributed by atoms with Crippen molar-refractivity contribution in [3.63, 3.8) is 0 Å². The highest BCUT2D eigenvalue weighted by atomic mass is 16.5. The first-order valence-electron chi connectivity index (χ1n) is 9.63. The molecule has 1 aromatic carbocycles. The van der Waals surface area contributed by atoms with Crippen LogP contribution in [-0.2, 0) is 10.2 Å². The number of allylic oxidation sites excluding steroid dienone is 1. The number of anilines is 1. The Kier molecular flexibility index (Phi) is 2.54. The lowest BCUT2D eigenvalue weighted by molar-refractivity contribution is -0.166. The molecule has 1 N–H and O–H groups in total. The molecule has 4 heteroatoms. The smallest absolute Gasteiger partial charge is 0.167 e. The number of piperidine rings is 2. The van der Waals surface area contributed by atoms with Gasteiger partial charge < -0.3 is 14.7 Å². The summed E-state index contributed by atoms with van der Waals surface area (Å²) < 4.78 is 6.81. The van der Waals surface area contributed by atoms with Crippen molar-refractivity contribution in [2.24, 2.45) is 11.3 Å². The van der Waals surface area contributed by atoms with Gasteiger partial charge in [0, 0.05) is 31.2 Å². The maximum atomic E-state index is 10.8. The Balaban J connectivity index is 1.73. The van der Waals surface area contributed by atoms with E-state index in [0.717, 1.165) is 25.9 Å². The van der Waals surface area contributed by atoms with Crippen LogP contribution >= 0.6 is 0 Å². The van der Waals surface area contributed by atoms with Crippen LogP contribution in [0.3, 0.4) is 0 Å². The molecule has 1 aromatic rings. The number of para-hydroxylation sites is 1. The highest BCUT2D eigenvalue weighted by Crippen LogP contribution is 2.75. The fourth-order valence-corrected chi connectivity index (χ4v) is 7.65. The third-order valence-corrected chi connectivity index (χ3v) is 8.51. The summed E-state index contributed by atoms with van der Waals surface area (Å²) in [6.45, 7) is 5.20. The van der Waals surface area contributed by atoms with Crippen molar-refractivity contribution in [3.8, 4) is 0 Å². The molecule has 4 nitrogen and oxygen atoms in total. The predicted octanol–water partition coefficient (Wildman–Crippen LogP) is 2.13. The van der Waals surface area contributed by atoms with Gasteiger partial charge in [-0.25, -0.2) is 0 Å². The molecular formula is C21H26N2O2. The van der Waals surface area contributed by atoms with E-state index in [1.165, 1.54) is 16.8 Å². The van der Waals surface area contributed by atoms with Crippen LogP contribution < -0.4 is 4.90 Å². The number of ether oxygens (including phenoxy) is 1. The largest absolute Gasteiger partial charge is 0.396 e. The summed E-state index contributed by atoms with van der Waals surface area (Å²) in [6.07, 6.45) is 4.50. The highest BCUT2D eigenvalue weighted by Gasteiger charge is 2.84. The molecule has 4 heterocycles. The molecule has 0 spiro atoms. The molecule has 5 aliphatic rings. The number of likely N-dealkylation sites (N-methyl/N-ethyl adjacent to an activating group) is 1. The van der Waals surface area contributed by atoms with Gasteiger partial charge in [-0.2, -0.15) is 0 Å². The van der Waals surface area contributed by atoms with Crippen LogP contribution in [0.4, 0.5) is 5.69 Å². The van der Waals surface area contributed by atoms with Crippen molar-refractivity contribution < 1.29 is 9.84 Å². The number of hydrogen-bond donors (Lipinski definition) is 1. The Morgan fingerprint density at radius 1 is 1.36 bits per heavy atom. The number of nitrogens with zero attached hydrogens (tertiary/aromatic N) is 2. The van der Waals surface area contributed by atoms with Gasteiger partial charge in [0.1, 0.15) is 0 Å². The maximum Gasteiger partial charge on any atom is 0.167 e. The monoisotopic (exact) mass is 338 g/mol. The zero-order valence-electron chi connectivity index (χ0n) is 15.0. The molecule has 4 fully saturated rings. The molecule has 4 aliphatic heterocycles. The lowest BCUT2D eigenvalue weighted by atomic mass is 9.43. The molecule has 25 heavy (non-hydrogen) atoms. The second-order valence-corrected chi connectivity index (χ2v) is 8.67. The predicted molar refractivity (Wildman–Crippen MR) is 96.6 cm³/mol. The first-order chi connectivity index (χ1) is 12.2. The van der Waals surface area contributed by atoms with E-state index < -0.39 is 0 Å². The summed E-state index contributed by atoms with van der Waals surface area (Å²) in [5.74, 6) is 0.430. The van der Waals surface area contributed by atoms with Gasteiger partial charge in [-0.1, -0.05) is 29.8 Å². The van der Waals surface area contributed by atoms with Gasteiger partial charge in [-0.15, -0.1) is 0 Å². The van der Waals surface area contributed by atoms with Gasteiger partial charge in [0.15, 0.2) is 5.72 Å². The van der Waals surface area contributed by atoms with Gasteiger partial charge >= 0.3 is 0 Å². The summed E-state index contributed by atoms with van der Waals surface area (Å²) in [7, 11) is 2.21. The van der Waals surface area contributed by atoms with E-state index in [9.17, 15) is 5.11 Å². The van der Waals surface area contributed by atoms with Gasteiger partial charge in [0.2, 0.25) is 0 Å². The number of rotatable bonds is 1. The van der Waals surface area contributed by atoms with E-state index in [2.05, 4.69) is 54.1 Å². The average molecular weight is 338 g/mol. The molecule has 6 rings (SSSR count). The molecule has 5 atom stereocenters. The summed E-state index contributed by atoms with van der Waals surface area (Å²) >= 11 is 0. The van der Waals surface area contributed by atoms with Gasteiger partial charge in [-0.05, 0) is 37.3 Å². The zero-order valence-corrected chi connectivity index (χ0v) is 15.0. The van der Waals surface area contributed by atoms with Crippen LogP contribution in [0.25, 0.3) is 0 Å². The topological polar surface area (TPSA) is 35.9 Å². The zero-order chi connectivity index (χ0) is 17.0. The minimum absolute atomic E-state index is 0.0984. The van der Waals surface area contributed by atoms with Crippen molar-refractivity contribution >= 4 is 5.69 Å². The van der Waals surface area contributed by atoms with Crippen LogP contribution in [0.5, 0.6) is 0 Å². The van der Waals surface area contributed by atoms with Crippen LogP contribution in [0.1, 0.15) is 25.3 Å². The number of aliphatic hydroxyl groups excluding tert-OH is 1. The minimum atomic E-state index is -0.312. The lowest BCUT2D eigenvalue weighted by Crippen LogP contribution is -2.79. The third-order valence-electron chi connectivity index (χ3n) is 8.51. The van der Waals surface area contributed by atoms with Crippen LogP contribution in [0.2, 0.25) is 0 Å². The van der Waals surface area contributed by atoms with Crippen molar-refractivity contribution in [3.05, 3.63) is 41.5 Å². The van der Waals surface area contributed by atoms with Crippen molar-refractivity contribution in [2.45, 2.75) is 36.9 Å². The molecule has 0 radical (unpaired) electrons.